The molecule has 1 saturated heterocycles. The van der Waals surface area contributed by atoms with Crippen LogP contribution in [-0.2, 0) is 16.0 Å². The molecule has 154 valence electrons. The summed E-state index contributed by atoms with van der Waals surface area (Å²) in [6.07, 6.45) is 0. The minimum Gasteiger partial charge on any atom is -0.383 e. The third kappa shape index (κ3) is 3.88. The highest BCUT2D eigenvalue weighted by molar-refractivity contribution is 5.85. The minimum absolute atomic E-state index is 0.0174. The zero-order valence-corrected chi connectivity index (χ0v) is 17.1. The second kappa shape index (κ2) is 8.30. The number of aromatic nitrogens is 4. The molecular formula is C20H26N6O3. The zero-order chi connectivity index (χ0) is 20.4. The normalized spacial score (nSPS) is 14.7. The summed E-state index contributed by atoms with van der Waals surface area (Å²) in [5, 5.41) is 13.3. The van der Waals surface area contributed by atoms with Crippen LogP contribution in [0.5, 0.6) is 0 Å². The standard InChI is InChI=1S/C20H26N6O3/c1-14-10-16-12-17(19-21-22-23-26(19)18(16)11-15(14)2)13-25(4-7-28-3)20(27)24-5-8-29-9-6-24/h10-12H,4-9,13H2,1-3H3. The lowest BCUT2D eigenvalue weighted by atomic mass is 10.0. The maximum absolute atomic E-state index is 13.1. The number of carbonyl (C=O) groups excluding carboxylic acids is 1. The summed E-state index contributed by atoms with van der Waals surface area (Å²) >= 11 is 0. The van der Waals surface area contributed by atoms with Crippen LogP contribution in [0.1, 0.15) is 16.7 Å². The lowest BCUT2D eigenvalue weighted by molar-refractivity contribution is 0.0400. The van der Waals surface area contributed by atoms with E-state index < -0.39 is 0 Å². The van der Waals surface area contributed by atoms with Crippen LogP contribution in [-0.4, -0.2) is 82.4 Å². The number of carbonyl (C=O) groups is 1. The Labute approximate surface area is 169 Å². The van der Waals surface area contributed by atoms with Gasteiger partial charge in [-0.3, -0.25) is 0 Å². The molecule has 0 spiro atoms. The van der Waals surface area contributed by atoms with E-state index in [0.717, 1.165) is 16.5 Å². The minimum atomic E-state index is -0.0174. The molecule has 9 nitrogen and oxygen atoms in total. The third-order valence-corrected chi connectivity index (χ3v) is 5.44. The smallest absolute Gasteiger partial charge is 0.320 e. The molecule has 1 aliphatic heterocycles. The Bertz CT molecular complexity index is 1030. The van der Waals surface area contributed by atoms with Crippen LogP contribution < -0.4 is 0 Å². The Hall–Kier alpha value is -2.78. The van der Waals surface area contributed by atoms with Gasteiger partial charge in [0, 0.05) is 37.7 Å². The molecule has 1 aliphatic rings. The first-order valence-corrected chi connectivity index (χ1v) is 9.80. The number of morpholine rings is 1. The van der Waals surface area contributed by atoms with Crippen LogP contribution in [0.4, 0.5) is 4.79 Å². The summed E-state index contributed by atoms with van der Waals surface area (Å²) in [5.41, 5.74) is 4.92. The molecule has 0 bridgehead atoms. The van der Waals surface area contributed by atoms with E-state index in [1.807, 2.05) is 4.90 Å². The highest BCUT2D eigenvalue weighted by atomic mass is 16.5. The first-order valence-electron chi connectivity index (χ1n) is 9.80. The van der Waals surface area contributed by atoms with Crippen molar-refractivity contribution in [2.24, 2.45) is 0 Å². The molecule has 9 heteroatoms. The third-order valence-electron chi connectivity index (χ3n) is 5.44. The molecule has 2 aromatic heterocycles. The van der Waals surface area contributed by atoms with E-state index >= 15 is 0 Å². The molecule has 1 fully saturated rings. The van der Waals surface area contributed by atoms with Crippen molar-refractivity contribution in [3.63, 3.8) is 0 Å². The van der Waals surface area contributed by atoms with Gasteiger partial charge < -0.3 is 19.3 Å². The summed E-state index contributed by atoms with van der Waals surface area (Å²) in [6.45, 7) is 7.85. The molecule has 0 N–H and O–H groups in total. The van der Waals surface area contributed by atoms with Crippen molar-refractivity contribution in [1.82, 2.24) is 29.8 Å². The summed E-state index contributed by atoms with van der Waals surface area (Å²) in [7, 11) is 1.64. The van der Waals surface area contributed by atoms with Crippen LogP contribution >= 0.6 is 0 Å². The fraction of sp³-hybridized carbons (Fsp3) is 0.500. The van der Waals surface area contributed by atoms with E-state index in [4.69, 9.17) is 9.47 Å². The number of tetrazole rings is 1. The Kier molecular flexibility index (Phi) is 5.59. The predicted molar refractivity (Wildman–Crippen MR) is 108 cm³/mol. The monoisotopic (exact) mass is 398 g/mol. The fourth-order valence-electron chi connectivity index (χ4n) is 3.64. The van der Waals surface area contributed by atoms with Crippen LogP contribution in [0.15, 0.2) is 18.2 Å². The van der Waals surface area contributed by atoms with E-state index in [2.05, 4.69) is 47.6 Å². The lowest BCUT2D eigenvalue weighted by Crippen LogP contribution is -2.48. The number of benzene rings is 1. The predicted octanol–water partition coefficient (Wildman–Crippen LogP) is 1.79. The van der Waals surface area contributed by atoms with Crippen molar-refractivity contribution in [2.75, 3.05) is 46.6 Å². The maximum atomic E-state index is 13.1. The van der Waals surface area contributed by atoms with Crippen molar-refractivity contribution >= 4 is 22.6 Å². The van der Waals surface area contributed by atoms with Gasteiger partial charge in [-0.25, -0.2) is 4.79 Å². The van der Waals surface area contributed by atoms with E-state index in [1.54, 1.807) is 16.5 Å². The molecule has 4 rings (SSSR count). The van der Waals surface area contributed by atoms with Crippen LogP contribution in [0.2, 0.25) is 0 Å². The largest absolute Gasteiger partial charge is 0.383 e. The number of amides is 2. The van der Waals surface area contributed by atoms with Crippen molar-refractivity contribution < 1.29 is 14.3 Å². The van der Waals surface area contributed by atoms with Crippen molar-refractivity contribution in [2.45, 2.75) is 20.4 Å². The number of methoxy groups -OCH3 is 1. The van der Waals surface area contributed by atoms with Gasteiger partial charge in [-0.1, -0.05) is 0 Å². The number of fused-ring (bicyclic) bond motifs is 3. The van der Waals surface area contributed by atoms with Gasteiger partial charge in [0.05, 0.1) is 31.9 Å². The van der Waals surface area contributed by atoms with E-state index in [0.29, 0.717) is 51.6 Å². The second-order valence-corrected chi connectivity index (χ2v) is 7.38. The number of urea groups is 1. The quantitative estimate of drug-likeness (QED) is 0.652. The summed E-state index contributed by atoms with van der Waals surface area (Å²) in [4.78, 5) is 16.8. The second-order valence-electron chi connectivity index (χ2n) is 7.38. The molecule has 1 aromatic carbocycles. The highest BCUT2D eigenvalue weighted by Gasteiger charge is 2.24. The van der Waals surface area contributed by atoms with Crippen LogP contribution in [0.25, 0.3) is 16.6 Å². The van der Waals surface area contributed by atoms with E-state index in [-0.39, 0.29) is 6.03 Å². The number of hydrogen-bond donors (Lipinski definition) is 0. The number of ether oxygens (including phenoxy) is 2. The number of aryl methyl sites for hydroxylation is 2. The zero-order valence-electron chi connectivity index (χ0n) is 17.1. The maximum Gasteiger partial charge on any atom is 0.320 e. The van der Waals surface area contributed by atoms with Gasteiger partial charge in [0.15, 0.2) is 5.65 Å². The molecule has 2 amide bonds. The molecule has 0 saturated carbocycles. The molecule has 0 aliphatic carbocycles. The SMILES string of the molecule is COCCN(Cc1cc2cc(C)c(C)cc2n2nnnc12)C(=O)N1CCOCC1. The first kappa shape index (κ1) is 19.5. The van der Waals surface area contributed by atoms with Gasteiger partial charge in [0.2, 0.25) is 0 Å². The number of rotatable bonds is 5. The molecule has 3 aromatic rings. The van der Waals surface area contributed by atoms with Gasteiger partial charge in [-0.15, -0.1) is 5.10 Å². The molecule has 3 heterocycles. The van der Waals surface area contributed by atoms with E-state index in [1.165, 1.54) is 11.1 Å². The van der Waals surface area contributed by atoms with Crippen LogP contribution in [0.3, 0.4) is 0 Å². The highest BCUT2D eigenvalue weighted by Crippen LogP contribution is 2.24. The van der Waals surface area contributed by atoms with E-state index in [9.17, 15) is 4.79 Å². The Morgan fingerprint density at radius 1 is 1.21 bits per heavy atom. The van der Waals surface area contributed by atoms with Crippen molar-refractivity contribution in [1.29, 1.82) is 0 Å². The van der Waals surface area contributed by atoms with Gasteiger partial charge >= 0.3 is 6.03 Å². The lowest BCUT2D eigenvalue weighted by Gasteiger charge is -2.33. The summed E-state index contributed by atoms with van der Waals surface area (Å²) in [6, 6.07) is 6.30. The average molecular weight is 398 g/mol. The molecule has 0 unspecified atom stereocenters. The molecular weight excluding hydrogens is 372 g/mol. The number of hydrogen-bond acceptors (Lipinski definition) is 6. The Morgan fingerprint density at radius 2 is 1.97 bits per heavy atom. The number of nitrogens with zero attached hydrogens (tertiary/aromatic N) is 6. The molecule has 29 heavy (non-hydrogen) atoms. The van der Waals surface area contributed by atoms with Gasteiger partial charge in [0.1, 0.15) is 0 Å². The Balaban J connectivity index is 1.71. The number of pyridine rings is 1. The first-order chi connectivity index (χ1) is 14.1. The van der Waals surface area contributed by atoms with Crippen molar-refractivity contribution in [3.8, 4) is 0 Å². The van der Waals surface area contributed by atoms with Gasteiger partial charge in [0.25, 0.3) is 0 Å². The van der Waals surface area contributed by atoms with Crippen molar-refractivity contribution in [3.05, 3.63) is 34.9 Å². The van der Waals surface area contributed by atoms with Gasteiger partial charge in [-0.2, -0.15) is 4.52 Å². The topological polar surface area (TPSA) is 85.1 Å². The summed E-state index contributed by atoms with van der Waals surface area (Å²) in [5.74, 6) is 0. The van der Waals surface area contributed by atoms with Gasteiger partial charge in [-0.05, 0) is 53.6 Å². The molecule has 0 atom stereocenters. The van der Waals surface area contributed by atoms with Crippen LogP contribution in [0, 0.1) is 13.8 Å². The average Bonchev–Trinajstić information content (AvgIpc) is 3.23. The fourth-order valence-corrected chi connectivity index (χ4v) is 3.64. The molecule has 0 radical (unpaired) electrons. The Morgan fingerprint density at radius 3 is 2.72 bits per heavy atom. The summed E-state index contributed by atoms with van der Waals surface area (Å²) < 4.78 is 12.4.